The SMILES string of the molecule is O=C(COC(=O)c1csc(-c2cccc(Cl)c2)n1)NC1CCS(=O)(=O)C1. The summed E-state index contributed by atoms with van der Waals surface area (Å²) in [5, 5.41) is 5.27. The number of rotatable bonds is 5. The number of ether oxygens (including phenoxy) is 1. The number of aromatic nitrogens is 1. The fourth-order valence-electron chi connectivity index (χ4n) is 2.50. The van der Waals surface area contributed by atoms with Crippen molar-refractivity contribution in [1.82, 2.24) is 10.3 Å². The van der Waals surface area contributed by atoms with E-state index >= 15 is 0 Å². The molecule has 1 aliphatic rings. The van der Waals surface area contributed by atoms with Gasteiger partial charge in [-0.2, -0.15) is 0 Å². The van der Waals surface area contributed by atoms with E-state index in [-0.39, 0.29) is 17.2 Å². The number of amides is 1. The Kier molecular flexibility index (Phi) is 5.59. The first-order valence-corrected chi connectivity index (χ1v) is 10.8. The molecule has 138 valence electrons. The Hall–Kier alpha value is -1.97. The van der Waals surface area contributed by atoms with Crippen molar-refractivity contribution in [3.05, 3.63) is 40.4 Å². The van der Waals surface area contributed by atoms with Gasteiger partial charge in [0.05, 0.1) is 11.5 Å². The summed E-state index contributed by atoms with van der Waals surface area (Å²) in [7, 11) is -3.08. The molecule has 1 fully saturated rings. The zero-order chi connectivity index (χ0) is 18.7. The van der Waals surface area contributed by atoms with Crippen LogP contribution in [0.1, 0.15) is 16.9 Å². The molecule has 2 heterocycles. The number of hydrogen-bond donors (Lipinski definition) is 1. The highest BCUT2D eigenvalue weighted by molar-refractivity contribution is 7.91. The molecule has 1 saturated heterocycles. The quantitative estimate of drug-likeness (QED) is 0.750. The molecule has 1 aromatic heterocycles. The molecule has 0 radical (unpaired) electrons. The first-order valence-electron chi connectivity index (χ1n) is 7.71. The van der Waals surface area contributed by atoms with Crippen molar-refractivity contribution in [1.29, 1.82) is 0 Å². The Bertz CT molecular complexity index is 942. The van der Waals surface area contributed by atoms with Crippen LogP contribution >= 0.6 is 22.9 Å². The Morgan fingerprint density at radius 2 is 2.19 bits per heavy atom. The number of nitrogens with zero attached hydrogens (tertiary/aromatic N) is 1. The zero-order valence-electron chi connectivity index (χ0n) is 13.5. The summed E-state index contributed by atoms with van der Waals surface area (Å²) in [6, 6.07) is 6.65. The van der Waals surface area contributed by atoms with E-state index in [2.05, 4.69) is 10.3 Å². The van der Waals surface area contributed by atoms with Gasteiger partial charge >= 0.3 is 5.97 Å². The van der Waals surface area contributed by atoms with E-state index in [0.29, 0.717) is 16.5 Å². The Labute approximate surface area is 159 Å². The van der Waals surface area contributed by atoms with Crippen LogP contribution in [0.4, 0.5) is 0 Å². The van der Waals surface area contributed by atoms with Gasteiger partial charge in [0.25, 0.3) is 5.91 Å². The highest BCUT2D eigenvalue weighted by atomic mass is 35.5. The summed E-state index contributed by atoms with van der Waals surface area (Å²) >= 11 is 7.20. The van der Waals surface area contributed by atoms with Gasteiger partial charge in [-0.3, -0.25) is 4.79 Å². The minimum absolute atomic E-state index is 0.0584. The van der Waals surface area contributed by atoms with Crippen LogP contribution < -0.4 is 5.32 Å². The van der Waals surface area contributed by atoms with E-state index in [1.165, 1.54) is 11.3 Å². The van der Waals surface area contributed by atoms with Gasteiger partial charge in [0.2, 0.25) is 0 Å². The van der Waals surface area contributed by atoms with Crippen LogP contribution in [-0.2, 0) is 19.4 Å². The second-order valence-electron chi connectivity index (χ2n) is 5.79. The number of thiazole rings is 1. The summed E-state index contributed by atoms with van der Waals surface area (Å²) in [6.45, 7) is -0.487. The molecular weight excluding hydrogens is 400 g/mol. The van der Waals surface area contributed by atoms with E-state index in [1.807, 2.05) is 6.07 Å². The normalized spacial score (nSPS) is 18.4. The van der Waals surface area contributed by atoms with Gasteiger partial charge in [0.15, 0.2) is 22.1 Å². The van der Waals surface area contributed by atoms with Gasteiger partial charge in [-0.1, -0.05) is 23.7 Å². The standard InChI is InChI=1S/C16H15ClN2O5S2/c17-11-3-1-2-10(6-11)15-19-13(8-25-15)16(21)24-7-14(20)18-12-4-5-26(22,23)9-12/h1-3,6,8,12H,4-5,7,9H2,(H,18,20). The Morgan fingerprint density at radius 1 is 1.38 bits per heavy atom. The second kappa shape index (κ2) is 7.73. The lowest BCUT2D eigenvalue weighted by molar-refractivity contribution is -0.124. The first kappa shape index (κ1) is 18.8. The van der Waals surface area contributed by atoms with Crippen molar-refractivity contribution in [3.63, 3.8) is 0 Å². The predicted molar refractivity (Wildman–Crippen MR) is 98.0 cm³/mol. The number of sulfone groups is 1. The van der Waals surface area contributed by atoms with Crippen molar-refractivity contribution in [2.24, 2.45) is 0 Å². The summed E-state index contributed by atoms with van der Waals surface area (Å²) in [5.74, 6) is -1.28. The maximum atomic E-state index is 12.0. The Balaban J connectivity index is 1.53. The number of hydrogen-bond acceptors (Lipinski definition) is 7. The topological polar surface area (TPSA) is 102 Å². The van der Waals surface area contributed by atoms with E-state index in [1.54, 1.807) is 23.6 Å². The van der Waals surface area contributed by atoms with Gasteiger partial charge in [0.1, 0.15) is 5.01 Å². The van der Waals surface area contributed by atoms with Crippen molar-refractivity contribution < 1.29 is 22.7 Å². The molecule has 10 heteroatoms. The van der Waals surface area contributed by atoms with Crippen molar-refractivity contribution >= 4 is 44.7 Å². The maximum Gasteiger partial charge on any atom is 0.358 e. The maximum absolute atomic E-state index is 12.0. The largest absolute Gasteiger partial charge is 0.451 e. The third-order valence-electron chi connectivity index (χ3n) is 3.72. The van der Waals surface area contributed by atoms with E-state index in [9.17, 15) is 18.0 Å². The number of halogens is 1. The fraction of sp³-hybridized carbons (Fsp3) is 0.312. The van der Waals surface area contributed by atoms with Crippen LogP contribution in [0.3, 0.4) is 0 Å². The number of esters is 1. The van der Waals surface area contributed by atoms with Gasteiger partial charge in [-0.15, -0.1) is 11.3 Å². The molecular formula is C16H15ClN2O5S2. The average molecular weight is 415 g/mol. The minimum atomic E-state index is -3.08. The van der Waals surface area contributed by atoms with Crippen molar-refractivity contribution in [2.45, 2.75) is 12.5 Å². The van der Waals surface area contributed by atoms with E-state index in [0.717, 1.165) is 5.56 Å². The van der Waals surface area contributed by atoms with Crippen LogP contribution in [0.15, 0.2) is 29.6 Å². The second-order valence-corrected chi connectivity index (χ2v) is 9.32. The summed E-state index contributed by atoms with van der Waals surface area (Å²) in [6.07, 6.45) is 0.372. The lowest BCUT2D eigenvalue weighted by atomic mass is 10.2. The van der Waals surface area contributed by atoms with Gasteiger partial charge in [-0.05, 0) is 18.6 Å². The highest BCUT2D eigenvalue weighted by Gasteiger charge is 2.29. The molecule has 0 saturated carbocycles. The van der Waals surface area contributed by atoms with E-state index < -0.39 is 34.4 Å². The minimum Gasteiger partial charge on any atom is -0.451 e. The van der Waals surface area contributed by atoms with Crippen LogP contribution in [0.25, 0.3) is 10.6 Å². The summed E-state index contributed by atoms with van der Waals surface area (Å²) < 4.78 is 27.7. The molecule has 1 N–H and O–H groups in total. The monoisotopic (exact) mass is 414 g/mol. The molecule has 26 heavy (non-hydrogen) atoms. The molecule has 1 atom stereocenters. The summed E-state index contributed by atoms with van der Waals surface area (Å²) in [4.78, 5) is 28.0. The van der Waals surface area contributed by atoms with Crippen LogP contribution in [-0.4, -0.2) is 49.4 Å². The molecule has 1 aliphatic heterocycles. The van der Waals surface area contributed by atoms with Crippen molar-refractivity contribution in [2.75, 3.05) is 18.1 Å². The third kappa shape index (κ3) is 4.80. The molecule has 1 unspecified atom stereocenters. The first-order chi connectivity index (χ1) is 12.3. The number of benzene rings is 1. The van der Waals surface area contributed by atoms with Crippen LogP contribution in [0.5, 0.6) is 0 Å². The molecule has 7 nitrogen and oxygen atoms in total. The molecule has 1 aromatic carbocycles. The molecule has 2 aromatic rings. The van der Waals surface area contributed by atoms with Crippen LogP contribution in [0, 0.1) is 0 Å². The fourth-order valence-corrected chi connectivity index (χ4v) is 5.15. The van der Waals surface area contributed by atoms with Gasteiger partial charge < -0.3 is 10.1 Å². The van der Waals surface area contributed by atoms with Gasteiger partial charge in [-0.25, -0.2) is 18.2 Å². The predicted octanol–water partition coefficient (Wildman–Crippen LogP) is 1.92. The number of carbonyl (C=O) groups excluding carboxylic acids is 2. The third-order valence-corrected chi connectivity index (χ3v) is 6.61. The Morgan fingerprint density at radius 3 is 2.88 bits per heavy atom. The smallest absolute Gasteiger partial charge is 0.358 e. The molecule has 3 rings (SSSR count). The molecule has 1 amide bonds. The van der Waals surface area contributed by atoms with E-state index in [4.69, 9.17) is 16.3 Å². The number of nitrogens with one attached hydrogen (secondary N) is 1. The van der Waals surface area contributed by atoms with Crippen molar-refractivity contribution in [3.8, 4) is 10.6 Å². The molecule has 0 bridgehead atoms. The average Bonchev–Trinajstić information content (AvgIpc) is 3.19. The lowest BCUT2D eigenvalue weighted by Crippen LogP contribution is -2.38. The lowest BCUT2D eigenvalue weighted by Gasteiger charge is -2.10. The highest BCUT2D eigenvalue weighted by Crippen LogP contribution is 2.26. The summed E-state index contributed by atoms with van der Waals surface area (Å²) in [5.41, 5.74) is 0.878. The van der Waals surface area contributed by atoms with Crippen LogP contribution in [0.2, 0.25) is 5.02 Å². The zero-order valence-corrected chi connectivity index (χ0v) is 15.9. The molecule has 0 spiro atoms. The van der Waals surface area contributed by atoms with Gasteiger partial charge in [0, 0.05) is 22.0 Å². The molecule has 0 aliphatic carbocycles. The number of carbonyl (C=O) groups is 2.